The normalized spacial score (nSPS) is 17.3. The molecule has 0 radical (unpaired) electrons. The monoisotopic (exact) mass is 530 g/mol. The Morgan fingerprint density at radius 1 is 1.17 bits per heavy atom. The van der Waals surface area contributed by atoms with Crippen molar-refractivity contribution in [2.75, 3.05) is 40.9 Å². The van der Waals surface area contributed by atoms with E-state index in [2.05, 4.69) is 39.2 Å². The van der Waals surface area contributed by atoms with Gasteiger partial charge < -0.3 is 24.6 Å². The highest BCUT2D eigenvalue weighted by molar-refractivity contribution is 14.0. The highest BCUT2D eigenvalue weighted by Crippen LogP contribution is 2.33. The molecule has 3 rings (SSSR count). The maximum Gasteiger partial charge on any atom is 0.222 e. The molecule has 1 fully saturated rings. The largest absolute Gasteiger partial charge is 0.493 e. The van der Waals surface area contributed by atoms with Gasteiger partial charge in [-0.3, -0.25) is 9.79 Å². The average Bonchev–Trinajstić information content (AvgIpc) is 3.18. The predicted octanol–water partition coefficient (Wildman–Crippen LogP) is 3.05. The minimum atomic E-state index is 0. The lowest BCUT2D eigenvalue weighted by Crippen LogP contribution is -2.45. The molecular formula is C22H35IN4O3. The summed E-state index contributed by atoms with van der Waals surface area (Å²) in [6.07, 6.45) is 4.57. The smallest absolute Gasteiger partial charge is 0.222 e. The number of halogens is 1. The van der Waals surface area contributed by atoms with Gasteiger partial charge in [0.05, 0.1) is 14.2 Å². The van der Waals surface area contributed by atoms with Gasteiger partial charge in [0.2, 0.25) is 5.91 Å². The van der Waals surface area contributed by atoms with Crippen molar-refractivity contribution in [3.63, 3.8) is 0 Å². The number of fused-ring (bicyclic) bond motifs is 1. The van der Waals surface area contributed by atoms with Gasteiger partial charge in [-0.05, 0) is 48.9 Å². The summed E-state index contributed by atoms with van der Waals surface area (Å²) in [5.41, 5.74) is 2.54. The van der Waals surface area contributed by atoms with Crippen LogP contribution in [0.4, 0.5) is 0 Å². The zero-order valence-corrected chi connectivity index (χ0v) is 20.9. The number of aliphatic imine (C=N–C) groups is 1. The highest BCUT2D eigenvalue weighted by Gasteiger charge is 2.27. The number of hydrogen-bond donors (Lipinski definition) is 1. The van der Waals surface area contributed by atoms with E-state index in [0.717, 1.165) is 69.3 Å². The summed E-state index contributed by atoms with van der Waals surface area (Å²) in [7, 11) is 5.17. The van der Waals surface area contributed by atoms with E-state index in [9.17, 15) is 4.79 Å². The zero-order valence-electron chi connectivity index (χ0n) is 18.6. The standard InChI is InChI=1S/C22H34N4O3.HI/c1-5-18(26-11-6-7-21(26)27)8-10-24-22(23-2)25-12-9-16-13-19(28-3)20(29-4)14-17(16)15-25;/h13-14,18H,5-12,15H2,1-4H3,(H,23,24);1H. The number of carbonyl (C=O) groups excluding carboxylic acids is 1. The molecule has 0 saturated carbocycles. The van der Waals surface area contributed by atoms with Crippen LogP contribution in [0.2, 0.25) is 0 Å². The third-order valence-corrected chi connectivity index (χ3v) is 6.01. The fourth-order valence-electron chi connectivity index (χ4n) is 4.38. The maximum absolute atomic E-state index is 12.0. The van der Waals surface area contributed by atoms with E-state index in [1.54, 1.807) is 14.2 Å². The molecule has 2 aliphatic heterocycles. The van der Waals surface area contributed by atoms with Crippen LogP contribution in [0, 0.1) is 0 Å². The van der Waals surface area contributed by atoms with Crippen LogP contribution in [0.15, 0.2) is 17.1 Å². The van der Waals surface area contributed by atoms with Crippen molar-refractivity contribution in [2.45, 2.75) is 51.6 Å². The number of guanidine groups is 1. The summed E-state index contributed by atoms with van der Waals surface area (Å²) >= 11 is 0. The quantitative estimate of drug-likeness (QED) is 0.334. The number of hydrogen-bond acceptors (Lipinski definition) is 4. The summed E-state index contributed by atoms with van der Waals surface area (Å²) in [6.45, 7) is 5.57. The first-order valence-electron chi connectivity index (χ1n) is 10.6. The molecule has 0 spiro atoms. The third kappa shape index (κ3) is 5.50. The van der Waals surface area contributed by atoms with Crippen LogP contribution in [0.3, 0.4) is 0 Å². The molecule has 30 heavy (non-hydrogen) atoms. The number of methoxy groups -OCH3 is 2. The Morgan fingerprint density at radius 3 is 2.43 bits per heavy atom. The molecule has 7 nitrogen and oxygen atoms in total. The summed E-state index contributed by atoms with van der Waals surface area (Å²) < 4.78 is 10.9. The van der Waals surface area contributed by atoms with E-state index in [4.69, 9.17) is 9.47 Å². The van der Waals surface area contributed by atoms with E-state index in [0.29, 0.717) is 18.4 Å². The molecule has 1 N–H and O–H groups in total. The zero-order chi connectivity index (χ0) is 20.8. The van der Waals surface area contributed by atoms with E-state index in [-0.39, 0.29) is 24.0 Å². The van der Waals surface area contributed by atoms with Gasteiger partial charge in [-0.1, -0.05) is 6.92 Å². The molecule has 0 bridgehead atoms. The molecular weight excluding hydrogens is 495 g/mol. The number of nitrogens with zero attached hydrogens (tertiary/aromatic N) is 3. The number of ether oxygens (including phenoxy) is 2. The number of nitrogens with one attached hydrogen (secondary N) is 1. The SMILES string of the molecule is CCC(CCNC(=NC)N1CCc2cc(OC)c(OC)cc2C1)N1CCCC1=O.I. The van der Waals surface area contributed by atoms with Crippen LogP contribution in [-0.4, -0.2) is 68.6 Å². The van der Waals surface area contributed by atoms with Crippen LogP contribution < -0.4 is 14.8 Å². The molecule has 2 heterocycles. The predicted molar refractivity (Wildman–Crippen MR) is 130 cm³/mol. The summed E-state index contributed by atoms with van der Waals surface area (Å²) in [4.78, 5) is 20.9. The second kappa shape index (κ2) is 11.6. The Labute approximate surface area is 197 Å². The lowest BCUT2D eigenvalue weighted by atomic mass is 9.99. The molecule has 1 unspecified atom stereocenters. The Bertz CT molecular complexity index is 756. The average molecular weight is 530 g/mol. The van der Waals surface area contributed by atoms with E-state index >= 15 is 0 Å². The number of likely N-dealkylation sites (tertiary alicyclic amines) is 1. The van der Waals surface area contributed by atoms with E-state index < -0.39 is 0 Å². The van der Waals surface area contributed by atoms with Gasteiger partial charge in [0.25, 0.3) is 0 Å². The van der Waals surface area contributed by atoms with Gasteiger partial charge >= 0.3 is 0 Å². The number of carbonyl (C=O) groups is 1. The van der Waals surface area contributed by atoms with Crippen molar-refractivity contribution in [3.05, 3.63) is 23.3 Å². The fourth-order valence-corrected chi connectivity index (χ4v) is 4.38. The lowest BCUT2D eigenvalue weighted by molar-refractivity contribution is -0.129. The van der Waals surface area contributed by atoms with Gasteiger partial charge in [0, 0.05) is 45.7 Å². The van der Waals surface area contributed by atoms with Crippen LogP contribution in [0.5, 0.6) is 11.5 Å². The van der Waals surface area contributed by atoms with Crippen LogP contribution in [0.25, 0.3) is 0 Å². The molecule has 0 aromatic heterocycles. The van der Waals surface area contributed by atoms with E-state index in [1.165, 1.54) is 11.1 Å². The van der Waals surface area contributed by atoms with Crippen LogP contribution >= 0.6 is 24.0 Å². The van der Waals surface area contributed by atoms with Crippen molar-refractivity contribution in [2.24, 2.45) is 4.99 Å². The van der Waals surface area contributed by atoms with Crippen molar-refractivity contribution in [1.82, 2.24) is 15.1 Å². The first-order valence-corrected chi connectivity index (χ1v) is 10.6. The Morgan fingerprint density at radius 2 is 1.87 bits per heavy atom. The molecule has 1 aromatic carbocycles. The molecule has 1 atom stereocenters. The Kier molecular flexibility index (Phi) is 9.51. The number of rotatable bonds is 7. The number of benzene rings is 1. The lowest BCUT2D eigenvalue weighted by Gasteiger charge is -2.33. The van der Waals surface area contributed by atoms with Gasteiger partial charge in [0.1, 0.15) is 0 Å². The van der Waals surface area contributed by atoms with Gasteiger partial charge in [-0.15, -0.1) is 24.0 Å². The maximum atomic E-state index is 12.0. The van der Waals surface area contributed by atoms with Gasteiger partial charge in [-0.25, -0.2) is 0 Å². The van der Waals surface area contributed by atoms with Crippen LogP contribution in [-0.2, 0) is 17.8 Å². The fraction of sp³-hybridized carbons (Fsp3) is 0.636. The molecule has 8 heteroatoms. The first-order chi connectivity index (χ1) is 14.1. The molecule has 168 valence electrons. The summed E-state index contributed by atoms with van der Waals surface area (Å²) in [5.74, 6) is 2.76. The molecule has 1 aromatic rings. The molecule has 1 amide bonds. The molecule has 0 aliphatic carbocycles. The van der Waals surface area contributed by atoms with Crippen molar-refractivity contribution >= 4 is 35.8 Å². The van der Waals surface area contributed by atoms with Gasteiger partial charge in [-0.2, -0.15) is 0 Å². The summed E-state index contributed by atoms with van der Waals surface area (Å²) in [5, 5.41) is 3.51. The van der Waals surface area contributed by atoms with Crippen LogP contribution in [0.1, 0.15) is 43.7 Å². The van der Waals surface area contributed by atoms with E-state index in [1.807, 2.05) is 7.05 Å². The first kappa shape index (κ1) is 24.6. The third-order valence-electron chi connectivity index (χ3n) is 6.01. The van der Waals surface area contributed by atoms with Crippen molar-refractivity contribution in [1.29, 1.82) is 0 Å². The summed E-state index contributed by atoms with van der Waals surface area (Å²) in [6, 6.07) is 4.47. The topological polar surface area (TPSA) is 66.4 Å². The highest BCUT2D eigenvalue weighted by atomic mass is 127. The minimum Gasteiger partial charge on any atom is -0.493 e. The Hall–Kier alpha value is -1.71. The second-order valence-corrected chi connectivity index (χ2v) is 7.66. The Balaban J connectivity index is 0.00000320. The van der Waals surface area contributed by atoms with Crippen molar-refractivity contribution in [3.8, 4) is 11.5 Å². The number of amides is 1. The second-order valence-electron chi connectivity index (χ2n) is 7.66. The molecule has 2 aliphatic rings. The minimum absolute atomic E-state index is 0. The van der Waals surface area contributed by atoms with Gasteiger partial charge in [0.15, 0.2) is 17.5 Å². The molecule has 1 saturated heterocycles. The van der Waals surface area contributed by atoms with Crippen molar-refractivity contribution < 1.29 is 14.3 Å².